The zero-order valence-electron chi connectivity index (χ0n) is 7.04. The number of nitrogens with two attached hydrogens (primary N) is 1. The zero-order chi connectivity index (χ0) is 8.84. The normalized spacial score (nSPS) is 17.1. The van der Waals surface area contributed by atoms with Gasteiger partial charge in [-0.05, 0) is 29.3 Å². The van der Waals surface area contributed by atoms with Crippen LogP contribution >= 0.6 is 0 Å². The van der Waals surface area contributed by atoms with Gasteiger partial charge in [0.1, 0.15) is 0 Å². The van der Waals surface area contributed by atoms with Gasteiger partial charge in [0, 0.05) is 12.1 Å². The first kappa shape index (κ1) is 6.83. The summed E-state index contributed by atoms with van der Waals surface area (Å²) in [5.74, 6) is 1.66. The van der Waals surface area contributed by atoms with Crippen molar-refractivity contribution in [2.45, 2.75) is 6.42 Å². The quantitative estimate of drug-likeness (QED) is 0.645. The first-order valence-electron chi connectivity index (χ1n) is 4.21. The van der Waals surface area contributed by atoms with E-state index < -0.39 is 0 Å². The van der Waals surface area contributed by atoms with Crippen LogP contribution in [0, 0.1) is 0 Å². The molecule has 0 saturated carbocycles. The zero-order valence-corrected chi connectivity index (χ0v) is 7.04. The third-order valence-electron chi connectivity index (χ3n) is 2.37. The van der Waals surface area contributed by atoms with Crippen LogP contribution < -0.4 is 15.2 Å². The fourth-order valence-corrected chi connectivity index (χ4v) is 1.76. The molecule has 1 aliphatic carbocycles. The minimum absolute atomic E-state index is 0.331. The minimum atomic E-state index is 0.331. The topological polar surface area (TPSA) is 44.5 Å². The molecule has 13 heavy (non-hydrogen) atoms. The molecule has 1 aromatic rings. The number of rotatable bonds is 0. The van der Waals surface area contributed by atoms with E-state index in [0.717, 1.165) is 29.2 Å². The third kappa shape index (κ3) is 0.900. The first-order chi connectivity index (χ1) is 6.33. The monoisotopic (exact) mass is 175 g/mol. The van der Waals surface area contributed by atoms with Crippen molar-refractivity contribution in [3.63, 3.8) is 0 Å². The van der Waals surface area contributed by atoms with Crippen molar-refractivity contribution in [1.29, 1.82) is 0 Å². The number of hydrogen-bond donors (Lipinski definition) is 1. The van der Waals surface area contributed by atoms with Gasteiger partial charge in [-0.1, -0.05) is 0 Å². The average molecular weight is 175 g/mol. The summed E-state index contributed by atoms with van der Waals surface area (Å²) in [5, 5.41) is 0. The van der Waals surface area contributed by atoms with Gasteiger partial charge in [0.25, 0.3) is 0 Å². The summed E-state index contributed by atoms with van der Waals surface area (Å²) in [4.78, 5) is 0. The van der Waals surface area contributed by atoms with Crippen molar-refractivity contribution >= 4 is 6.08 Å². The maximum Gasteiger partial charge on any atom is 0.231 e. The summed E-state index contributed by atoms with van der Waals surface area (Å²) >= 11 is 0. The van der Waals surface area contributed by atoms with E-state index in [9.17, 15) is 0 Å². The van der Waals surface area contributed by atoms with Crippen LogP contribution in [-0.2, 0) is 6.42 Å². The molecule has 0 radical (unpaired) electrons. The molecule has 66 valence electrons. The molecule has 0 bridgehead atoms. The number of hydrogen-bond acceptors (Lipinski definition) is 3. The predicted molar refractivity (Wildman–Crippen MR) is 48.4 cm³/mol. The largest absolute Gasteiger partial charge is 0.454 e. The average Bonchev–Trinajstić information content (AvgIpc) is 2.63. The van der Waals surface area contributed by atoms with E-state index in [1.165, 1.54) is 5.56 Å². The molecule has 0 amide bonds. The summed E-state index contributed by atoms with van der Waals surface area (Å²) in [5.41, 5.74) is 9.00. The molecule has 2 aliphatic rings. The van der Waals surface area contributed by atoms with E-state index in [0.29, 0.717) is 6.79 Å². The van der Waals surface area contributed by atoms with Crippen LogP contribution in [0.3, 0.4) is 0 Å². The highest BCUT2D eigenvalue weighted by Crippen LogP contribution is 2.37. The Morgan fingerprint density at radius 3 is 2.77 bits per heavy atom. The van der Waals surface area contributed by atoms with Crippen LogP contribution in [0.5, 0.6) is 11.5 Å². The Morgan fingerprint density at radius 2 is 1.92 bits per heavy atom. The van der Waals surface area contributed by atoms with Gasteiger partial charge in [-0.25, -0.2) is 0 Å². The van der Waals surface area contributed by atoms with E-state index in [1.807, 2.05) is 18.2 Å². The Balaban J connectivity index is 2.17. The molecular weight excluding hydrogens is 166 g/mol. The van der Waals surface area contributed by atoms with Crippen LogP contribution in [0.25, 0.3) is 6.08 Å². The molecule has 1 heterocycles. The van der Waals surface area contributed by atoms with Crippen molar-refractivity contribution in [3.8, 4) is 11.5 Å². The number of benzene rings is 1. The van der Waals surface area contributed by atoms with E-state index in [1.54, 1.807) is 0 Å². The molecule has 0 unspecified atom stereocenters. The second kappa shape index (κ2) is 2.19. The summed E-state index contributed by atoms with van der Waals surface area (Å²) in [7, 11) is 0. The molecule has 3 rings (SSSR count). The van der Waals surface area contributed by atoms with E-state index in [-0.39, 0.29) is 0 Å². The molecule has 3 nitrogen and oxygen atoms in total. The van der Waals surface area contributed by atoms with Gasteiger partial charge < -0.3 is 15.2 Å². The van der Waals surface area contributed by atoms with Crippen LogP contribution in [0.15, 0.2) is 17.8 Å². The van der Waals surface area contributed by atoms with Crippen LogP contribution in [0.1, 0.15) is 11.1 Å². The number of fused-ring (bicyclic) bond motifs is 2. The predicted octanol–water partition coefficient (Wildman–Crippen LogP) is 1.27. The smallest absolute Gasteiger partial charge is 0.231 e. The lowest BCUT2D eigenvalue weighted by Crippen LogP contribution is -1.95. The van der Waals surface area contributed by atoms with E-state index >= 15 is 0 Å². The van der Waals surface area contributed by atoms with Gasteiger partial charge in [-0.2, -0.15) is 0 Å². The maximum atomic E-state index is 5.72. The van der Waals surface area contributed by atoms with Crippen LogP contribution in [-0.4, -0.2) is 6.79 Å². The Bertz CT molecular complexity index is 410. The summed E-state index contributed by atoms with van der Waals surface area (Å²) < 4.78 is 10.5. The summed E-state index contributed by atoms with van der Waals surface area (Å²) in [6, 6.07) is 3.99. The Morgan fingerprint density at radius 1 is 1.15 bits per heavy atom. The third-order valence-corrected chi connectivity index (χ3v) is 2.37. The number of allylic oxidation sites excluding steroid dienone is 1. The molecule has 0 fully saturated rings. The van der Waals surface area contributed by atoms with Crippen LogP contribution in [0.4, 0.5) is 0 Å². The van der Waals surface area contributed by atoms with Crippen molar-refractivity contribution in [2.75, 3.05) is 6.79 Å². The first-order valence-corrected chi connectivity index (χ1v) is 4.21. The number of ether oxygens (including phenoxy) is 2. The van der Waals surface area contributed by atoms with Gasteiger partial charge in [-0.15, -0.1) is 0 Å². The van der Waals surface area contributed by atoms with Gasteiger partial charge in [0.2, 0.25) is 6.79 Å². The molecular formula is C10H9NO2. The highest BCUT2D eigenvalue weighted by molar-refractivity contribution is 5.67. The minimum Gasteiger partial charge on any atom is -0.454 e. The van der Waals surface area contributed by atoms with Crippen LogP contribution in [0.2, 0.25) is 0 Å². The maximum absolute atomic E-state index is 5.72. The lowest BCUT2D eigenvalue weighted by atomic mass is 10.1. The Labute approximate surface area is 75.8 Å². The van der Waals surface area contributed by atoms with Gasteiger partial charge in [0.05, 0.1) is 0 Å². The van der Waals surface area contributed by atoms with Crippen molar-refractivity contribution < 1.29 is 9.47 Å². The molecule has 1 aliphatic heterocycles. The SMILES string of the molecule is NC1=Cc2cc3c(cc2C1)OCO3. The molecule has 1 aromatic carbocycles. The molecule has 0 saturated heterocycles. The Hall–Kier alpha value is -1.64. The second-order valence-electron chi connectivity index (χ2n) is 3.30. The van der Waals surface area contributed by atoms with E-state index in [4.69, 9.17) is 15.2 Å². The molecule has 0 atom stereocenters. The van der Waals surface area contributed by atoms with Crippen molar-refractivity contribution in [2.24, 2.45) is 5.73 Å². The molecule has 3 heteroatoms. The van der Waals surface area contributed by atoms with E-state index in [2.05, 4.69) is 0 Å². The van der Waals surface area contributed by atoms with Crippen molar-refractivity contribution in [1.82, 2.24) is 0 Å². The molecule has 0 aromatic heterocycles. The Kier molecular flexibility index (Phi) is 1.15. The molecule has 0 spiro atoms. The summed E-state index contributed by atoms with van der Waals surface area (Å²) in [6.45, 7) is 0.331. The van der Waals surface area contributed by atoms with Gasteiger partial charge in [0.15, 0.2) is 11.5 Å². The standard InChI is InChI=1S/C10H9NO2/c11-8-1-6-3-9-10(13-5-12-9)4-7(6)2-8/h1,3-4H,2,5,11H2. The molecule has 2 N–H and O–H groups in total. The second-order valence-corrected chi connectivity index (χ2v) is 3.30. The summed E-state index contributed by atoms with van der Waals surface area (Å²) in [6.07, 6.45) is 2.81. The fourth-order valence-electron chi connectivity index (χ4n) is 1.76. The van der Waals surface area contributed by atoms with Gasteiger partial charge >= 0.3 is 0 Å². The highest BCUT2D eigenvalue weighted by atomic mass is 16.7. The van der Waals surface area contributed by atoms with Gasteiger partial charge in [-0.3, -0.25) is 0 Å². The fraction of sp³-hybridized carbons (Fsp3) is 0.200. The van der Waals surface area contributed by atoms with Crippen molar-refractivity contribution in [3.05, 3.63) is 29.0 Å². The lowest BCUT2D eigenvalue weighted by Gasteiger charge is -2.00. The lowest BCUT2D eigenvalue weighted by molar-refractivity contribution is 0.174. The highest BCUT2D eigenvalue weighted by Gasteiger charge is 2.19.